The zero-order valence-corrected chi connectivity index (χ0v) is 12.0. The van der Waals surface area contributed by atoms with E-state index in [4.69, 9.17) is 5.10 Å². The van der Waals surface area contributed by atoms with Crippen LogP contribution in [-0.4, -0.2) is 16.8 Å². The number of aromatic nitrogens is 2. The zero-order valence-electron chi connectivity index (χ0n) is 12.0. The predicted molar refractivity (Wildman–Crippen MR) is 79.4 cm³/mol. The number of hydrogen-bond acceptors (Lipinski definition) is 2. The molecule has 19 heavy (non-hydrogen) atoms. The van der Waals surface area contributed by atoms with Crippen molar-refractivity contribution in [3.8, 4) is 5.69 Å². The molecule has 1 aromatic carbocycles. The number of nitrogens with one attached hydrogen (secondary N) is 1. The number of hydrogen-bond donors (Lipinski definition) is 1. The van der Waals surface area contributed by atoms with Gasteiger partial charge in [-0.1, -0.05) is 38.5 Å². The van der Waals surface area contributed by atoms with E-state index in [1.165, 1.54) is 6.42 Å². The van der Waals surface area contributed by atoms with Crippen molar-refractivity contribution in [2.45, 2.75) is 32.7 Å². The largest absolute Gasteiger partial charge is 0.312 e. The van der Waals surface area contributed by atoms with E-state index < -0.39 is 0 Å². The lowest BCUT2D eigenvalue weighted by atomic mass is 9.97. The van der Waals surface area contributed by atoms with Gasteiger partial charge in [0.15, 0.2) is 0 Å². The van der Waals surface area contributed by atoms with Gasteiger partial charge in [-0.25, -0.2) is 4.68 Å². The molecule has 3 nitrogen and oxygen atoms in total. The highest BCUT2D eigenvalue weighted by Crippen LogP contribution is 2.22. The van der Waals surface area contributed by atoms with Crippen LogP contribution in [0, 0.1) is 5.92 Å². The van der Waals surface area contributed by atoms with Gasteiger partial charge in [0.05, 0.1) is 17.4 Å². The molecule has 3 heteroatoms. The Morgan fingerprint density at radius 3 is 2.58 bits per heavy atom. The Morgan fingerprint density at radius 1 is 1.21 bits per heavy atom. The molecule has 102 valence electrons. The van der Waals surface area contributed by atoms with Gasteiger partial charge in [0.25, 0.3) is 0 Å². The highest BCUT2D eigenvalue weighted by molar-refractivity contribution is 5.30. The third kappa shape index (κ3) is 3.44. The van der Waals surface area contributed by atoms with Gasteiger partial charge in [-0.2, -0.15) is 5.10 Å². The summed E-state index contributed by atoms with van der Waals surface area (Å²) >= 11 is 0. The third-order valence-electron chi connectivity index (χ3n) is 3.67. The second-order valence-electron chi connectivity index (χ2n) is 5.11. The number of para-hydroxylation sites is 1. The lowest BCUT2D eigenvalue weighted by Gasteiger charge is -2.17. The summed E-state index contributed by atoms with van der Waals surface area (Å²) in [5.41, 5.74) is 2.22. The summed E-state index contributed by atoms with van der Waals surface area (Å²) in [6.07, 6.45) is 4.36. The quantitative estimate of drug-likeness (QED) is 0.857. The van der Waals surface area contributed by atoms with Crippen molar-refractivity contribution >= 4 is 0 Å². The fraction of sp³-hybridized carbons (Fsp3) is 0.438. The van der Waals surface area contributed by atoms with Crippen LogP contribution in [-0.2, 0) is 0 Å². The van der Waals surface area contributed by atoms with Crippen LogP contribution >= 0.6 is 0 Å². The van der Waals surface area contributed by atoms with E-state index in [9.17, 15) is 0 Å². The molecule has 0 amide bonds. The number of nitrogens with zero attached hydrogens (tertiary/aromatic N) is 2. The molecule has 0 radical (unpaired) electrons. The average molecular weight is 257 g/mol. The average Bonchev–Trinajstić information content (AvgIpc) is 2.95. The molecule has 2 atom stereocenters. The van der Waals surface area contributed by atoms with Crippen LogP contribution in [0.4, 0.5) is 0 Å². The smallest absolute Gasteiger partial charge is 0.0798 e. The molecular weight excluding hydrogens is 234 g/mol. The monoisotopic (exact) mass is 257 g/mol. The molecule has 0 saturated heterocycles. The van der Waals surface area contributed by atoms with Crippen molar-refractivity contribution in [3.05, 3.63) is 48.3 Å². The van der Waals surface area contributed by atoms with Gasteiger partial charge in [-0.15, -0.1) is 0 Å². The zero-order chi connectivity index (χ0) is 13.7. The molecule has 0 bridgehead atoms. The fourth-order valence-corrected chi connectivity index (χ4v) is 2.20. The van der Waals surface area contributed by atoms with Gasteiger partial charge in [-0.05, 0) is 37.6 Å². The van der Waals surface area contributed by atoms with E-state index in [2.05, 4.69) is 37.4 Å². The molecule has 0 aliphatic heterocycles. The van der Waals surface area contributed by atoms with Crippen molar-refractivity contribution in [3.63, 3.8) is 0 Å². The van der Waals surface area contributed by atoms with E-state index in [-0.39, 0.29) is 0 Å². The summed E-state index contributed by atoms with van der Waals surface area (Å²) in [6, 6.07) is 12.7. The van der Waals surface area contributed by atoms with Crippen LogP contribution in [0.1, 0.15) is 38.4 Å². The van der Waals surface area contributed by atoms with Crippen molar-refractivity contribution in [2.24, 2.45) is 5.92 Å². The van der Waals surface area contributed by atoms with Crippen LogP contribution in [0.5, 0.6) is 0 Å². The summed E-state index contributed by atoms with van der Waals surface area (Å²) in [6.45, 7) is 4.53. The van der Waals surface area contributed by atoms with Crippen LogP contribution in [0.2, 0.25) is 0 Å². The highest BCUT2D eigenvalue weighted by atomic mass is 15.3. The Hall–Kier alpha value is -1.61. The Morgan fingerprint density at radius 2 is 1.95 bits per heavy atom. The molecule has 1 aromatic heterocycles. The molecule has 1 N–H and O–H groups in total. The molecule has 0 spiro atoms. The van der Waals surface area contributed by atoms with Crippen LogP contribution in [0.3, 0.4) is 0 Å². The van der Waals surface area contributed by atoms with E-state index >= 15 is 0 Å². The van der Waals surface area contributed by atoms with E-state index in [1.807, 2.05) is 36.1 Å². The minimum atomic E-state index is 0.333. The van der Waals surface area contributed by atoms with Crippen molar-refractivity contribution < 1.29 is 0 Å². The van der Waals surface area contributed by atoms with Gasteiger partial charge in [0.2, 0.25) is 0 Å². The van der Waals surface area contributed by atoms with Crippen molar-refractivity contribution in [1.29, 1.82) is 0 Å². The summed E-state index contributed by atoms with van der Waals surface area (Å²) in [7, 11) is 2.01. The van der Waals surface area contributed by atoms with E-state index in [0.29, 0.717) is 12.0 Å². The number of rotatable bonds is 6. The first-order valence-electron chi connectivity index (χ1n) is 7.02. The second-order valence-corrected chi connectivity index (χ2v) is 5.11. The maximum absolute atomic E-state index is 4.69. The van der Waals surface area contributed by atoms with E-state index in [1.54, 1.807) is 0 Å². The predicted octanol–water partition coefficient (Wildman–Crippen LogP) is 3.57. The molecule has 0 fully saturated rings. The van der Waals surface area contributed by atoms with Crippen LogP contribution < -0.4 is 5.32 Å². The van der Waals surface area contributed by atoms with Gasteiger partial charge in [0.1, 0.15) is 0 Å². The minimum Gasteiger partial charge on any atom is -0.312 e. The summed E-state index contributed by atoms with van der Waals surface area (Å²) < 4.78 is 1.94. The maximum atomic E-state index is 4.69. The number of benzene rings is 1. The Balaban J connectivity index is 2.15. The van der Waals surface area contributed by atoms with E-state index in [0.717, 1.165) is 17.8 Å². The maximum Gasteiger partial charge on any atom is 0.0798 e. The second kappa shape index (κ2) is 6.53. The molecule has 0 aliphatic carbocycles. The molecule has 0 aliphatic rings. The standard InChI is InChI=1S/C16H23N3/c1-4-13(2)12-16(17-3)15-10-11-19(18-15)14-8-6-5-7-9-14/h5-11,13,16-17H,4,12H2,1-3H3. The first kappa shape index (κ1) is 13.8. The van der Waals surface area contributed by atoms with Crippen LogP contribution in [0.25, 0.3) is 5.69 Å². The Labute approximate surface area is 115 Å². The molecular formula is C16H23N3. The van der Waals surface area contributed by atoms with Gasteiger partial charge >= 0.3 is 0 Å². The SMILES string of the molecule is CCC(C)CC(NC)c1ccn(-c2ccccc2)n1. The minimum absolute atomic E-state index is 0.333. The summed E-state index contributed by atoms with van der Waals surface area (Å²) in [5, 5.41) is 8.07. The normalized spacial score (nSPS) is 14.3. The van der Waals surface area contributed by atoms with Crippen molar-refractivity contribution in [1.82, 2.24) is 15.1 Å². The van der Waals surface area contributed by atoms with Crippen molar-refractivity contribution in [2.75, 3.05) is 7.05 Å². The third-order valence-corrected chi connectivity index (χ3v) is 3.67. The van der Waals surface area contributed by atoms with Gasteiger partial charge in [-0.3, -0.25) is 0 Å². The van der Waals surface area contributed by atoms with Gasteiger partial charge in [0, 0.05) is 6.20 Å². The topological polar surface area (TPSA) is 29.9 Å². The molecule has 1 heterocycles. The summed E-state index contributed by atoms with van der Waals surface area (Å²) in [4.78, 5) is 0. The molecule has 2 unspecified atom stereocenters. The first-order valence-corrected chi connectivity index (χ1v) is 7.02. The molecule has 0 saturated carbocycles. The van der Waals surface area contributed by atoms with Gasteiger partial charge < -0.3 is 5.32 Å². The highest BCUT2D eigenvalue weighted by Gasteiger charge is 2.15. The molecule has 2 aromatic rings. The Kier molecular flexibility index (Phi) is 4.74. The lowest BCUT2D eigenvalue weighted by Crippen LogP contribution is -2.19. The Bertz CT molecular complexity index is 490. The summed E-state index contributed by atoms with van der Waals surface area (Å²) in [5.74, 6) is 0.708. The molecule has 2 rings (SSSR count). The lowest BCUT2D eigenvalue weighted by molar-refractivity contribution is 0.414. The first-order chi connectivity index (χ1) is 9.24. The van der Waals surface area contributed by atoms with Crippen LogP contribution in [0.15, 0.2) is 42.6 Å². The fourth-order valence-electron chi connectivity index (χ4n) is 2.20.